The van der Waals surface area contributed by atoms with Crippen LogP contribution in [0.25, 0.3) is 4.96 Å². The molecule has 8 heteroatoms. The lowest BCUT2D eigenvalue weighted by molar-refractivity contribution is 0.0942. The predicted molar refractivity (Wildman–Crippen MR) is 102 cm³/mol. The van der Waals surface area contributed by atoms with E-state index in [1.807, 2.05) is 0 Å². The average molecular weight is 378 g/mol. The number of fused-ring (bicyclic) bond motifs is 1. The van der Waals surface area contributed by atoms with Gasteiger partial charge in [-0.05, 0) is 38.1 Å². The van der Waals surface area contributed by atoms with E-state index >= 15 is 0 Å². The maximum atomic E-state index is 12.5. The second-order valence-electron chi connectivity index (χ2n) is 7.43. The molecule has 1 aliphatic heterocycles. The smallest absolute Gasteiger partial charge is 0.275 e. The summed E-state index contributed by atoms with van der Waals surface area (Å²) in [5.74, 6) is 0.336. The minimum Gasteiger partial charge on any atom is -0.492 e. The van der Waals surface area contributed by atoms with E-state index in [2.05, 4.69) is 29.0 Å². The number of thiazole rings is 1. The molecule has 2 aromatic heterocycles. The second-order valence-corrected chi connectivity index (χ2v) is 8.26. The maximum absolute atomic E-state index is 12.5. The molecule has 2 aromatic rings. The molecule has 0 spiro atoms. The third-order valence-electron chi connectivity index (χ3n) is 4.83. The van der Waals surface area contributed by atoms with Gasteiger partial charge in [0.05, 0.1) is 0 Å². The lowest BCUT2D eigenvalue weighted by Gasteiger charge is -2.34. The molecule has 7 nitrogen and oxygen atoms in total. The zero-order chi connectivity index (χ0) is 18.8. The Labute approximate surface area is 156 Å². The number of aromatic nitrogens is 2. The summed E-state index contributed by atoms with van der Waals surface area (Å²) < 4.78 is 1.36. The molecule has 0 bridgehead atoms. The molecule has 26 heavy (non-hydrogen) atoms. The average Bonchev–Trinajstić information content (AvgIpc) is 2.91. The Balaban J connectivity index is 1.60. The van der Waals surface area contributed by atoms with Crippen LogP contribution >= 0.6 is 11.3 Å². The van der Waals surface area contributed by atoms with Crippen LogP contribution in [0.5, 0.6) is 5.88 Å². The number of likely N-dealkylation sites (tertiary alicyclic amines) is 1. The highest BCUT2D eigenvalue weighted by Crippen LogP contribution is 2.21. The van der Waals surface area contributed by atoms with E-state index in [9.17, 15) is 14.7 Å². The minimum atomic E-state index is -0.569. The molecule has 0 unspecified atom stereocenters. The first-order valence-electron chi connectivity index (χ1n) is 9.07. The van der Waals surface area contributed by atoms with Gasteiger partial charge in [-0.15, -0.1) is 11.3 Å². The molecule has 0 aromatic carbocycles. The van der Waals surface area contributed by atoms with Gasteiger partial charge in [-0.1, -0.05) is 13.8 Å². The van der Waals surface area contributed by atoms with Crippen molar-refractivity contribution in [2.45, 2.75) is 33.6 Å². The fourth-order valence-corrected chi connectivity index (χ4v) is 4.69. The van der Waals surface area contributed by atoms with Gasteiger partial charge in [0.2, 0.25) is 5.88 Å². The van der Waals surface area contributed by atoms with Crippen LogP contribution in [0.1, 0.15) is 42.7 Å². The Kier molecular flexibility index (Phi) is 5.62. The molecule has 1 saturated heterocycles. The van der Waals surface area contributed by atoms with E-state index in [1.54, 1.807) is 12.3 Å². The SMILES string of the molecule is Cc1csc2nc(O)c(C(=O)NCCCN3C[C@H](C)C[C@H](C)C3)c(=O)n12. The van der Waals surface area contributed by atoms with Crippen molar-refractivity contribution in [3.63, 3.8) is 0 Å². The number of nitrogens with one attached hydrogen (secondary N) is 1. The molecule has 0 aliphatic carbocycles. The lowest BCUT2D eigenvalue weighted by atomic mass is 9.92. The number of aromatic hydroxyl groups is 1. The van der Waals surface area contributed by atoms with Gasteiger partial charge in [-0.2, -0.15) is 4.98 Å². The predicted octanol–water partition coefficient (Wildman–Crippen LogP) is 1.87. The number of piperidine rings is 1. The number of aryl methyl sites for hydroxylation is 1. The third kappa shape index (κ3) is 3.91. The van der Waals surface area contributed by atoms with E-state index in [1.165, 1.54) is 22.2 Å². The van der Waals surface area contributed by atoms with Crippen LogP contribution in [0.3, 0.4) is 0 Å². The highest BCUT2D eigenvalue weighted by atomic mass is 32.1. The Morgan fingerprint density at radius 3 is 2.77 bits per heavy atom. The largest absolute Gasteiger partial charge is 0.492 e. The molecule has 3 rings (SSSR count). The molecule has 142 valence electrons. The number of nitrogens with zero attached hydrogens (tertiary/aromatic N) is 3. The Morgan fingerprint density at radius 2 is 2.08 bits per heavy atom. The van der Waals surface area contributed by atoms with Crippen LogP contribution in [0.4, 0.5) is 0 Å². The summed E-state index contributed by atoms with van der Waals surface area (Å²) in [6.45, 7) is 9.89. The van der Waals surface area contributed by atoms with Crippen molar-refractivity contribution in [1.82, 2.24) is 19.6 Å². The molecule has 3 heterocycles. The summed E-state index contributed by atoms with van der Waals surface area (Å²) in [5.41, 5.74) is -0.114. The zero-order valence-corrected chi connectivity index (χ0v) is 16.3. The normalized spacial score (nSPS) is 21.2. The van der Waals surface area contributed by atoms with Crippen LogP contribution in [-0.4, -0.2) is 51.5 Å². The van der Waals surface area contributed by atoms with E-state index in [-0.39, 0.29) is 5.56 Å². The van der Waals surface area contributed by atoms with Crippen molar-refractivity contribution in [3.8, 4) is 5.88 Å². The minimum absolute atomic E-state index is 0.288. The van der Waals surface area contributed by atoms with Gasteiger partial charge in [0.1, 0.15) is 0 Å². The number of rotatable bonds is 5. The molecule has 0 radical (unpaired) electrons. The first kappa shape index (κ1) is 18.8. The van der Waals surface area contributed by atoms with Crippen molar-refractivity contribution in [2.24, 2.45) is 11.8 Å². The molecule has 0 saturated carbocycles. The topological polar surface area (TPSA) is 86.9 Å². The summed E-state index contributed by atoms with van der Waals surface area (Å²) in [6, 6.07) is 0. The van der Waals surface area contributed by atoms with Gasteiger partial charge in [0.25, 0.3) is 11.5 Å². The first-order valence-corrected chi connectivity index (χ1v) is 9.95. The van der Waals surface area contributed by atoms with E-state index in [0.29, 0.717) is 29.0 Å². The quantitative estimate of drug-likeness (QED) is 0.776. The fraction of sp³-hybridized carbons (Fsp3) is 0.611. The summed E-state index contributed by atoms with van der Waals surface area (Å²) in [7, 11) is 0. The standard InChI is InChI=1S/C18H26N4O3S/c1-11-7-12(2)9-21(8-11)6-4-5-19-15(23)14-16(24)20-18-22(17(14)25)13(3)10-26-18/h10-12,24H,4-9H2,1-3H3,(H,19,23)/t11-,12+. The van der Waals surface area contributed by atoms with Gasteiger partial charge >= 0.3 is 0 Å². The fourth-order valence-electron chi connectivity index (χ4n) is 3.84. The Hall–Kier alpha value is -1.93. The van der Waals surface area contributed by atoms with Gasteiger partial charge in [-0.25, -0.2) is 0 Å². The van der Waals surface area contributed by atoms with Crippen LogP contribution in [0.15, 0.2) is 10.2 Å². The zero-order valence-electron chi connectivity index (χ0n) is 15.5. The maximum Gasteiger partial charge on any atom is 0.275 e. The molecular formula is C18H26N4O3S. The summed E-state index contributed by atoms with van der Waals surface area (Å²) in [4.78, 5) is 31.7. The molecule has 2 N–H and O–H groups in total. The molecule has 1 fully saturated rings. The van der Waals surface area contributed by atoms with Crippen molar-refractivity contribution in [2.75, 3.05) is 26.2 Å². The van der Waals surface area contributed by atoms with Gasteiger partial charge < -0.3 is 15.3 Å². The molecule has 1 aliphatic rings. The van der Waals surface area contributed by atoms with Crippen LogP contribution in [0, 0.1) is 18.8 Å². The third-order valence-corrected chi connectivity index (χ3v) is 5.77. The van der Waals surface area contributed by atoms with Gasteiger partial charge in [0.15, 0.2) is 10.5 Å². The Morgan fingerprint density at radius 1 is 1.38 bits per heavy atom. The van der Waals surface area contributed by atoms with Gasteiger partial charge in [0, 0.05) is 30.7 Å². The van der Waals surface area contributed by atoms with Crippen molar-refractivity contribution >= 4 is 22.2 Å². The van der Waals surface area contributed by atoms with Crippen LogP contribution < -0.4 is 10.9 Å². The van der Waals surface area contributed by atoms with E-state index in [4.69, 9.17) is 0 Å². The van der Waals surface area contributed by atoms with Crippen LogP contribution in [0.2, 0.25) is 0 Å². The van der Waals surface area contributed by atoms with Crippen LogP contribution in [-0.2, 0) is 0 Å². The molecule has 1 amide bonds. The van der Waals surface area contributed by atoms with E-state index < -0.39 is 17.3 Å². The Bertz CT molecular complexity index is 850. The molecular weight excluding hydrogens is 352 g/mol. The highest BCUT2D eigenvalue weighted by molar-refractivity contribution is 7.15. The highest BCUT2D eigenvalue weighted by Gasteiger charge is 2.22. The number of hydrogen-bond donors (Lipinski definition) is 2. The van der Waals surface area contributed by atoms with E-state index in [0.717, 1.165) is 26.1 Å². The molecule has 2 atom stereocenters. The number of carbonyl (C=O) groups is 1. The number of carbonyl (C=O) groups excluding carboxylic acids is 1. The van der Waals surface area contributed by atoms with Gasteiger partial charge in [-0.3, -0.25) is 14.0 Å². The summed E-state index contributed by atoms with van der Waals surface area (Å²) in [6.07, 6.45) is 2.08. The number of amides is 1. The number of hydrogen-bond acceptors (Lipinski definition) is 6. The van der Waals surface area contributed by atoms with Crippen molar-refractivity contribution in [3.05, 3.63) is 27.0 Å². The summed E-state index contributed by atoms with van der Waals surface area (Å²) in [5, 5.41) is 14.5. The monoisotopic (exact) mass is 378 g/mol. The second kappa shape index (κ2) is 7.75. The summed E-state index contributed by atoms with van der Waals surface area (Å²) >= 11 is 1.25. The van der Waals surface area contributed by atoms with Crippen molar-refractivity contribution in [1.29, 1.82) is 0 Å². The van der Waals surface area contributed by atoms with Crippen molar-refractivity contribution < 1.29 is 9.90 Å². The lowest BCUT2D eigenvalue weighted by Crippen LogP contribution is -2.40. The first-order chi connectivity index (χ1) is 12.4.